The molecule has 0 saturated carbocycles. The molecule has 1 aromatic rings. The van der Waals surface area contributed by atoms with Crippen molar-refractivity contribution in [2.24, 2.45) is 0 Å². The third kappa shape index (κ3) is 11.1. The molecule has 0 aliphatic heterocycles. The largest absolute Gasteiger partial charge is 0.466 e. The monoisotopic (exact) mass is 388 g/mol. The van der Waals surface area contributed by atoms with E-state index in [2.05, 4.69) is 0 Å². The molecule has 4 nitrogen and oxygen atoms in total. The van der Waals surface area contributed by atoms with Crippen molar-refractivity contribution >= 4 is 35.1 Å². The molecule has 6 heteroatoms. The summed E-state index contributed by atoms with van der Waals surface area (Å²) in [6.45, 7) is 0.443. The molecule has 0 heterocycles. The molecule has 1 aromatic carbocycles. The lowest BCUT2D eigenvalue weighted by atomic mass is 10.1. The minimum atomic E-state index is -0.405. The van der Waals surface area contributed by atoms with Gasteiger partial charge in [-0.2, -0.15) is 0 Å². The summed E-state index contributed by atoms with van der Waals surface area (Å²) in [5.41, 5.74) is 0. The highest BCUT2D eigenvalue weighted by Crippen LogP contribution is 2.23. The van der Waals surface area contributed by atoms with Gasteiger partial charge in [0.05, 0.1) is 11.6 Å². The molecule has 0 aliphatic rings. The van der Waals surface area contributed by atoms with Gasteiger partial charge in [0, 0.05) is 18.7 Å². The maximum absolute atomic E-state index is 11.7. The van der Waals surface area contributed by atoms with Crippen molar-refractivity contribution < 1.29 is 19.1 Å². The van der Waals surface area contributed by atoms with E-state index in [0.717, 1.165) is 38.0 Å². The number of halogens is 2. The first kappa shape index (κ1) is 21.8. The first-order valence-corrected chi connectivity index (χ1v) is 9.71. The van der Waals surface area contributed by atoms with Gasteiger partial charge in [0.25, 0.3) is 0 Å². The average Bonchev–Trinajstić information content (AvgIpc) is 2.59. The summed E-state index contributed by atoms with van der Waals surface area (Å²) in [5, 5.41) is 0.387. The van der Waals surface area contributed by atoms with Crippen LogP contribution >= 0.6 is 23.2 Å². The topological polar surface area (TPSA) is 52.6 Å². The van der Waals surface area contributed by atoms with Gasteiger partial charge in [-0.3, -0.25) is 9.59 Å². The van der Waals surface area contributed by atoms with Gasteiger partial charge in [-0.05, 0) is 31.4 Å². The number of carbonyl (C=O) groups is 2. The molecule has 25 heavy (non-hydrogen) atoms. The second-order valence-corrected chi connectivity index (χ2v) is 6.57. The van der Waals surface area contributed by atoms with Crippen LogP contribution in [0.1, 0.15) is 57.8 Å². The minimum absolute atomic E-state index is 0.154. The Bertz CT molecular complexity index is 520. The van der Waals surface area contributed by atoms with Crippen molar-refractivity contribution in [2.75, 3.05) is 12.5 Å². The van der Waals surface area contributed by atoms with E-state index < -0.39 is 5.97 Å². The number of rotatable bonds is 13. The van der Waals surface area contributed by atoms with Crippen LogP contribution in [-0.2, 0) is 14.3 Å². The molecule has 0 bridgehead atoms. The first-order valence-electron chi connectivity index (χ1n) is 8.80. The van der Waals surface area contributed by atoms with Crippen molar-refractivity contribution in [3.8, 4) is 5.75 Å². The van der Waals surface area contributed by atoms with Crippen LogP contribution in [0, 0.1) is 0 Å². The van der Waals surface area contributed by atoms with E-state index >= 15 is 0 Å². The number of unbranched alkanes of at least 4 members (excludes halogenated alkanes) is 5. The Hall–Kier alpha value is -1.26. The van der Waals surface area contributed by atoms with Crippen molar-refractivity contribution in [3.63, 3.8) is 0 Å². The summed E-state index contributed by atoms with van der Waals surface area (Å²) in [6, 6.07) is 6.78. The lowest BCUT2D eigenvalue weighted by molar-refractivity contribution is -0.144. The molecule has 0 fully saturated rings. The Labute approximate surface area is 159 Å². The third-order valence-corrected chi connectivity index (χ3v) is 4.19. The van der Waals surface area contributed by atoms with Gasteiger partial charge in [-0.15, -0.1) is 11.6 Å². The zero-order chi connectivity index (χ0) is 18.3. The molecule has 140 valence electrons. The Morgan fingerprint density at radius 3 is 2.20 bits per heavy atom. The zero-order valence-electron chi connectivity index (χ0n) is 14.5. The molecule has 1 rings (SSSR count). The molecule has 0 saturated heterocycles. The molecule has 0 aromatic heterocycles. The van der Waals surface area contributed by atoms with Crippen molar-refractivity contribution in [1.82, 2.24) is 0 Å². The molecule has 0 N–H and O–H groups in total. The Balaban J connectivity index is 2.01. The van der Waals surface area contributed by atoms with E-state index in [1.165, 1.54) is 6.42 Å². The number of ether oxygens (including phenoxy) is 2. The van der Waals surface area contributed by atoms with E-state index in [9.17, 15) is 9.59 Å². The predicted octanol–water partition coefficient (Wildman–Crippen LogP) is 5.54. The van der Waals surface area contributed by atoms with Crippen molar-refractivity contribution in [1.29, 1.82) is 0 Å². The molecule has 0 radical (unpaired) electrons. The Morgan fingerprint density at radius 1 is 0.840 bits per heavy atom. The second kappa shape index (κ2) is 14.0. The highest BCUT2D eigenvalue weighted by molar-refractivity contribution is 6.32. The van der Waals surface area contributed by atoms with Crippen LogP contribution in [0.2, 0.25) is 5.02 Å². The fourth-order valence-electron chi connectivity index (χ4n) is 2.24. The summed E-state index contributed by atoms with van der Waals surface area (Å²) in [7, 11) is 0. The summed E-state index contributed by atoms with van der Waals surface area (Å²) in [5.74, 6) is 0.386. The van der Waals surface area contributed by atoms with Crippen LogP contribution in [0.4, 0.5) is 0 Å². The quantitative estimate of drug-likeness (QED) is 0.192. The highest BCUT2D eigenvalue weighted by atomic mass is 35.5. The number of alkyl halides is 1. The molecular formula is C19H26Cl2O4. The van der Waals surface area contributed by atoms with Crippen LogP contribution < -0.4 is 4.74 Å². The second-order valence-electron chi connectivity index (χ2n) is 5.79. The lowest BCUT2D eigenvalue weighted by Gasteiger charge is -2.06. The van der Waals surface area contributed by atoms with Gasteiger partial charge < -0.3 is 9.47 Å². The Kier molecular flexibility index (Phi) is 12.2. The SMILES string of the molecule is O=C(CCCC(=O)Oc1ccccc1Cl)OCCCCCCCCCl. The highest BCUT2D eigenvalue weighted by Gasteiger charge is 2.10. The number of hydrogen-bond acceptors (Lipinski definition) is 4. The summed E-state index contributed by atoms with van der Waals surface area (Å²) < 4.78 is 10.3. The van der Waals surface area contributed by atoms with Crippen LogP contribution in [0.5, 0.6) is 5.75 Å². The predicted molar refractivity (Wildman–Crippen MR) is 100 cm³/mol. The maximum atomic E-state index is 11.7. The van der Waals surface area contributed by atoms with Gasteiger partial charge in [-0.25, -0.2) is 0 Å². The van der Waals surface area contributed by atoms with Crippen molar-refractivity contribution in [3.05, 3.63) is 29.3 Å². The van der Waals surface area contributed by atoms with E-state index in [0.29, 0.717) is 23.8 Å². The Morgan fingerprint density at radius 2 is 1.48 bits per heavy atom. The smallest absolute Gasteiger partial charge is 0.311 e. The summed E-state index contributed by atoms with van der Waals surface area (Å²) in [6.07, 6.45) is 7.25. The summed E-state index contributed by atoms with van der Waals surface area (Å²) in [4.78, 5) is 23.3. The van der Waals surface area contributed by atoms with Gasteiger partial charge in [0.2, 0.25) is 0 Å². The number of carbonyl (C=O) groups excluding carboxylic acids is 2. The third-order valence-electron chi connectivity index (χ3n) is 3.61. The van der Waals surface area contributed by atoms with Gasteiger partial charge in [0.15, 0.2) is 0 Å². The van der Waals surface area contributed by atoms with E-state index in [1.54, 1.807) is 24.3 Å². The number of esters is 2. The minimum Gasteiger partial charge on any atom is -0.466 e. The number of benzene rings is 1. The van der Waals surface area contributed by atoms with Crippen LogP contribution in [0.3, 0.4) is 0 Å². The molecule has 0 unspecified atom stereocenters. The lowest BCUT2D eigenvalue weighted by Crippen LogP contribution is -2.10. The number of para-hydroxylation sites is 1. The van der Waals surface area contributed by atoms with Gasteiger partial charge in [0.1, 0.15) is 5.75 Å². The van der Waals surface area contributed by atoms with E-state index in [1.807, 2.05) is 0 Å². The van der Waals surface area contributed by atoms with Crippen LogP contribution in [0.15, 0.2) is 24.3 Å². The summed E-state index contributed by atoms with van der Waals surface area (Å²) >= 11 is 11.5. The zero-order valence-corrected chi connectivity index (χ0v) is 16.0. The molecule has 0 atom stereocenters. The van der Waals surface area contributed by atoms with Gasteiger partial charge >= 0.3 is 11.9 Å². The standard InChI is InChI=1S/C19H26Cl2O4/c20-14-7-3-1-2-4-8-15-24-18(22)12-9-13-19(23)25-17-11-6-5-10-16(17)21/h5-6,10-11H,1-4,7-9,12-15H2. The van der Waals surface area contributed by atoms with E-state index in [4.69, 9.17) is 32.7 Å². The molecule has 0 spiro atoms. The maximum Gasteiger partial charge on any atom is 0.311 e. The van der Waals surface area contributed by atoms with Gasteiger partial charge in [-0.1, -0.05) is 49.4 Å². The normalized spacial score (nSPS) is 10.5. The molecule has 0 aliphatic carbocycles. The van der Waals surface area contributed by atoms with E-state index in [-0.39, 0.29) is 18.8 Å². The fourth-order valence-corrected chi connectivity index (χ4v) is 2.60. The van der Waals surface area contributed by atoms with Crippen LogP contribution in [-0.4, -0.2) is 24.4 Å². The molecular weight excluding hydrogens is 363 g/mol. The van der Waals surface area contributed by atoms with Crippen molar-refractivity contribution in [2.45, 2.75) is 57.8 Å². The molecule has 0 amide bonds. The first-order chi connectivity index (χ1) is 12.1. The average molecular weight is 389 g/mol. The fraction of sp³-hybridized carbons (Fsp3) is 0.579. The number of hydrogen-bond donors (Lipinski definition) is 0. The van der Waals surface area contributed by atoms with Crippen LogP contribution in [0.25, 0.3) is 0 Å².